The summed E-state index contributed by atoms with van der Waals surface area (Å²) in [5.41, 5.74) is 0. The van der Waals surface area contributed by atoms with Crippen LogP contribution < -0.4 is 5.32 Å². The first-order valence-electron chi connectivity index (χ1n) is 5.87. The van der Waals surface area contributed by atoms with E-state index in [0.29, 0.717) is 18.3 Å². The molecule has 1 aromatic rings. The Hall–Kier alpha value is -1.65. The lowest BCUT2D eigenvalue weighted by atomic mass is 10.1. The van der Waals surface area contributed by atoms with Crippen LogP contribution in [0.25, 0.3) is 0 Å². The Kier molecular flexibility index (Phi) is 5.39. The number of rotatable bonds is 6. The van der Waals surface area contributed by atoms with Gasteiger partial charge in [-0.2, -0.15) is 0 Å². The average molecular weight is 237 g/mol. The fourth-order valence-electron chi connectivity index (χ4n) is 1.24. The smallest absolute Gasteiger partial charge is 0.376 e. The molecule has 0 unspecified atom stereocenters. The van der Waals surface area contributed by atoms with Crippen molar-refractivity contribution in [2.45, 2.75) is 27.2 Å². The van der Waals surface area contributed by atoms with Gasteiger partial charge in [0.2, 0.25) is 5.82 Å². The van der Waals surface area contributed by atoms with Crippen LogP contribution >= 0.6 is 0 Å². The molecule has 0 aliphatic carbocycles. The number of nitrogens with zero attached hydrogens (tertiary/aromatic N) is 2. The summed E-state index contributed by atoms with van der Waals surface area (Å²) in [4.78, 5) is 19.4. The van der Waals surface area contributed by atoms with E-state index in [1.807, 2.05) is 0 Å². The number of esters is 1. The molecule has 17 heavy (non-hydrogen) atoms. The van der Waals surface area contributed by atoms with E-state index in [4.69, 9.17) is 4.74 Å². The highest BCUT2D eigenvalue weighted by atomic mass is 16.5. The van der Waals surface area contributed by atoms with Gasteiger partial charge >= 0.3 is 5.97 Å². The van der Waals surface area contributed by atoms with E-state index in [-0.39, 0.29) is 5.82 Å². The molecule has 1 rings (SSSR count). The molecule has 0 saturated heterocycles. The molecule has 0 bridgehead atoms. The van der Waals surface area contributed by atoms with Crippen molar-refractivity contribution in [1.82, 2.24) is 9.97 Å². The standard InChI is InChI=1S/C12H19N3O2/c1-4-17-12(16)11-14-8-6-10(15-11)13-7-5-9(2)3/h6,8-9H,4-5,7H2,1-3H3,(H,13,14,15). The van der Waals surface area contributed by atoms with Gasteiger partial charge in [0.15, 0.2) is 0 Å². The quantitative estimate of drug-likeness (QED) is 0.768. The monoisotopic (exact) mass is 237 g/mol. The van der Waals surface area contributed by atoms with E-state index < -0.39 is 5.97 Å². The van der Waals surface area contributed by atoms with Crippen LogP contribution in [0.3, 0.4) is 0 Å². The SMILES string of the molecule is CCOC(=O)c1nccc(NCCC(C)C)n1. The fraction of sp³-hybridized carbons (Fsp3) is 0.583. The summed E-state index contributed by atoms with van der Waals surface area (Å²) in [6.45, 7) is 7.23. The summed E-state index contributed by atoms with van der Waals surface area (Å²) in [7, 11) is 0. The third kappa shape index (κ3) is 4.80. The van der Waals surface area contributed by atoms with Crippen LogP contribution in [0.5, 0.6) is 0 Å². The van der Waals surface area contributed by atoms with Gasteiger partial charge < -0.3 is 10.1 Å². The predicted octanol–water partition coefficient (Wildman–Crippen LogP) is 2.11. The van der Waals surface area contributed by atoms with Crippen molar-refractivity contribution in [3.05, 3.63) is 18.1 Å². The first-order valence-corrected chi connectivity index (χ1v) is 5.87. The van der Waals surface area contributed by atoms with Gasteiger partial charge in [-0.25, -0.2) is 14.8 Å². The second-order valence-corrected chi connectivity index (χ2v) is 4.10. The van der Waals surface area contributed by atoms with Gasteiger partial charge in [0.05, 0.1) is 6.61 Å². The van der Waals surface area contributed by atoms with Crippen LogP contribution in [0.4, 0.5) is 5.82 Å². The van der Waals surface area contributed by atoms with E-state index >= 15 is 0 Å². The fourth-order valence-corrected chi connectivity index (χ4v) is 1.24. The lowest BCUT2D eigenvalue weighted by molar-refractivity contribution is 0.0512. The Labute approximate surface area is 102 Å². The maximum Gasteiger partial charge on any atom is 0.376 e. The number of hydrogen-bond acceptors (Lipinski definition) is 5. The molecule has 1 N–H and O–H groups in total. The molecule has 0 atom stereocenters. The molecule has 0 amide bonds. The Morgan fingerprint density at radius 3 is 2.94 bits per heavy atom. The molecule has 5 heteroatoms. The second kappa shape index (κ2) is 6.83. The molecule has 5 nitrogen and oxygen atoms in total. The number of ether oxygens (including phenoxy) is 1. The van der Waals surface area contributed by atoms with Crippen LogP contribution in [-0.2, 0) is 4.74 Å². The van der Waals surface area contributed by atoms with E-state index in [0.717, 1.165) is 13.0 Å². The summed E-state index contributed by atoms with van der Waals surface area (Å²) in [5.74, 6) is 0.902. The average Bonchev–Trinajstić information content (AvgIpc) is 2.29. The lowest BCUT2D eigenvalue weighted by Crippen LogP contribution is -2.12. The molecule has 0 radical (unpaired) electrons. The Bertz CT molecular complexity index is 367. The predicted molar refractivity (Wildman–Crippen MR) is 65.9 cm³/mol. The summed E-state index contributed by atoms with van der Waals surface area (Å²) in [5, 5.41) is 3.15. The largest absolute Gasteiger partial charge is 0.460 e. The molecule has 0 spiro atoms. The number of carbonyl (C=O) groups is 1. The van der Waals surface area contributed by atoms with Crippen molar-refractivity contribution >= 4 is 11.8 Å². The van der Waals surface area contributed by atoms with Crippen molar-refractivity contribution < 1.29 is 9.53 Å². The molecule has 0 aromatic carbocycles. The van der Waals surface area contributed by atoms with Gasteiger partial charge in [0.1, 0.15) is 5.82 Å². The Morgan fingerprint density at radius 2 is 2.29 bits per heavy atom. The van der Waals surface area contributed by atoms with Crippen LogP contribution in [0.2, 0.25) is 0 Å². The minimum absolute atomic E-state index is 0.0985. The third-order valence-electron chi connectivity index (χ3n) is 2.14. The van der Waals surface area contributed by atoms with Crippen molar-refractivity contribution in [2.75, 3.05) is 18.5 Å². The number of nitrogens with one attached hydrogen (secondary N) is 1. The molecule has 0 saturated carbocycles. The van der Waals surface area contributed by atoms with Gasteiger partial charge in [0.25, 0.3) is 0 Å². The number of carbonyl (C=O) groups excluding carboxylic acids is 1. The second-order valence-electron chi connectivity index (χ2n) is 4.10. The first kappa shape index (κ1) is 13.4. The lowest BCUT2D eigenvalue weighted by Gasteiger charge is -2.08. The molecule has 1 heterocycles. The minimum atomic E-state index is -0.486. The van der Waals surface area contributed by atoms with Crippen molar-refractivity contribution in [3.8, 4) is 0 Å². The third-order valence-corrected chi connectivity index (χ3v) is 2.14. The van der Waals surface area contributed by atoms with Gasteiger partial charge in [-0.3, -0.25) is 0 Å². The van der Waals surface area contributed by atoms with Crippen molar-refractivity contribution in [2.24, 2.45) is 5.92 Å². The number of hydrogen-bond donors (Lipinski definition) is 1. The van der Waals surface area contributed by atoms with E-state index in [1.165, 1.54) is 0 Å². The van der Waals surface area contributed by atoms with Gasteiger partial charge in [-0.1, -0.05) is 13.8 Å². The van der Waals surface area contributed by atoms with E-state index in [2.05, 4.69) is 29.1 Å². The highest BCUT2D eigenvalue weighted by Gasteiger charge is 2.10. The molecular weight excluding hydrogens is 218 g/mol. The minimum Gasteiger partial charge on any atom is -0.460 e. The van der Waals surface area contributed by atoms with E-state index in [1.54, 1.807) is 19.2 Å². The summed E-state index contributed by atoms with van der Waals surface area (Å²) >= 11 is 0. The highest BCUT2D eigenvalue weighted by molar-refractivity contribution is 5.85. The number of aromatic nitrogens is 2. The number of anilines is 1. The van der Waals surface area contributed by atoms with Gasteiger partial charge in [-0.15, -0.1) is 0 Å². The molecule has 0 aliphatic heterocycles. The van der Waals surface area contributed by atoms with Crippen LogP contribution in [-0.4, -0.2) is 29.1 Å². The van der Waals surface area contributed by atoms with Gasteiger partial charge in [-0.05, 0) is 25.3 Å². The van der Waals surface area contributed by atoms with Crippen LogP contribution in [0.15, 0.2) is 12.3 Å². The Morgan fingerprint density at radius 1 is 1.53 bits per heavy atom. The molecule has 0 fully saturated rings. The highest BCUT2D eigenvalue weighted by Crippen LogP contribution is 2.05. The zero-order chi connectivity index (χ0) is 12.7. The summed E-state index contributed by atoms with van der Waals surface area (Å²) < 4.78 is 4.83. The van der Waals surface area contributed by atoms with Crippen molar-refractivity contribution in [1.29, 1.82) is 0 Å². The van der Waals surface area contributed by atoms with Gasteiger partial charge in [0, 0.05) is 12.7 Å². The van der Waals surface area contributed by atoms with Crippen LogP contribution in [0.1, 0.15) is 37.8 Å². The van der Waals surface area contributed by atoms with Crippen LogP contribution in [0, 0.1) is 5.92 Å². The molecule has 94 valence electrons. The topological polar surface area (TPSA) is 64.1 Å². The normalized spacial score (nSPS) is 10.4. The van der Waals surface area contributed by atoms with E-state index in [9.17, 15) is 4.79 Å². The molecular formula is C12H19N3O2. The molecule has 0 aliphatic rings. The molecule has 1 aromatic heterocycles. The summed E-state index contributed by atoms with van der Waals surface area (Å²) in [6, 6.07) is 1.74. The zero-order valence-corrected chi connectivity index (χ0v) is 10.6. The maximum atomic E-state index is 11.4. The Balaban J connectivity index is 2.56. The summed E-state index contributed by atoms with van der Waals surface area (Å²) in [6.07, 6.45) is 2.61. The maximum absolute atomic E-state index is 11.4. The van der Waals surface area contributed by atoms with Crippen molar-refractivity contribution in [3.63, 3.8) is 0 Å². The zero-order valence-electron chi connectivity index (χ0n) is 10.6. The first-order chi connectivity index (χ1) is 8.13.